The van der Waals surface area contributed by atoms with Gasteiger partial charge < -0.3 is 14.9 Å². The van der Waals surface area contributed by atoms with Gasteiger partial charge in [-0.3, -0.25) is 0 Å². The monoisotopic (exact) mass is 258 g/mol. The Bertz CT molecular complexity index is 635. The number of H-pyrrole nitrogens is 2. The minimum absolute atomic E-state index is 0.166. The number of aromatic nitrogens is 2. The molecule has 1 aromatic heterocycles. The maximum Gasteiger partial charge on any atom is 0.323 e. The third-order valence-electron chi connectivity index (χ3n) is 3.19. The predicted octanol–water partition coefficient (Wildman–Crippen LogP) is 1.63. The SMILES string of the molecule is CN(CCCC#N)CCc1ccc2[nH]c(=O)[nH]c2c1. The van der Waals surface area contributed by atoms with Crippen molar-refractivity contribution < 1.29 is 0 Å². The summed E-state index contributed by atoms with van der Waals surface area (Å²) in [4.78, 5) is 18.9. The molecule has 1 aromatic carbocycles. The average Bonchev–Trinajstić information content (AvgIpc) is 2.76. The molecule has 1 heterocycles. The zero-order valence-corrected chi connectivity index (χ0v) is 11.1. The molecule has 19 heavy (non-hydrogen) atoms. The summed E-state index contributed by atoms with van der Waals surface area (Å²) in [6, 6.07) is 8.13. The molecular weight excluding hydrogens is 240 g/mol. The number of benzene rings is 1. The van der Waals surface area contributed by atoms with Crippen molar-refractivity contribution in [2.75, 3.05) is 20.1 Å². The summed E-state index contributed by atoms with van der Waals surface area (Å²) < 4.78 is 0. The summed E-state index contributed by atoms with van der Waals surface area (Å²) in [5.74, 6) is 0. The Balaban J connectivity index is 1.90. The number of fused-ring (bicyclic) bond motifs is 1. The van der Waals surface area contributed by atoms with Crippen LogP contribution in [0.4, 0.5) is 0 Å². The van der Waals surface area contributed by atoms with E-state index >= 15 is 0 Å². The number of likely N-dealkylation sites (N-methyl/N-ethyl adjacent to an activating group) is 1. The Morgan fingerprint density at radius 2 is 2.05 bits per heavy atom. The van der Waals surface area contributed by atoms with Crippen molar-refractivity contribution in [3.8, 4) is 6.07 Å². The quantitative estimate of drug-likeness (QED) is 0.773. The normalized spacial score (nSPS) is 11.0. The number of imidazole rings is 1. The molecule has 0 saturated heterocycles. The number of aromatic amines is 2. The fourth-order valence-corrected chi connectivity index (χ4v) is 2.10. The summed E-state index contributed by atoms with van der Waals surface area (Å²) in [6.07, 6.45) is 2.46. The van der Waals surface area contributed by atoms with E-state index in [-0.39, 0.29) is 5.69 Å². The van der Waals surface area contributed by atoms with Crippen LogP contribution in [0.1, 0.15) is 18.4 Å². The summed E-state index contributed by atoms with van der Waals surface area (Å²) in [7, 11) is 2.06. The van der Waals surface area contributed by atoms with Crippen LogP contribution >= 0.6 is 0 Å². The van der Waals surface area contributed by atoms with E-state index in [1.165, 1.54) is 5.56 Å². The van der Waals surface area contributed by atoms with Gasteiger partial charge in [0.25, 0.3) is 0 Å². The standard InChI is InChI=1S/C14H18N4O/c1-18(8-3-2-7-15)9-6-11-4-5-12-13(10-11)17-14(19)16-12/h4-5,10H,2-3,6,8-9H2,1H3,(H2,16,17,19). The minimum Gasteiger partial charge on any atom is -0.306 e. The van der Waals surface area contributed by atoms with E-state index in [4.69, 9.17) is 5.26 Å². The fraction of sp³-hybridized carbons (Fsp3) is 0.429. The molecule has 2 rings (SSSR count). The second kappa shape index (κ2) is 6.21. The topological polar surface area (TPSA) is 75.7 Å². The van der Waals surface area contributed by atoms with E-state index in [0.29, 0.717) is 6.42 Å². The number of nitrogens with one attached hydrogen (secondary N) is 2. The Morgan fingerprint density at radius 1 is 1.26 bits per heavy atom. The molecule has 0 aliphatic carbocycles. The molecule has 5 nitrogen and oxygen atoms in total. The van der Waals surface area contributed by atoms with Crippen molar-refractivity contribution >= 4 is 11.0 Å². The molecule has 100 valence electrons. The molecule has 0 bridgehead atoms. The van der Waals surface area contributed by atoms with E-state index in [9.17, 15) is 4.79 Å². The van der Waals surface area contributed by atoms with Crippen LogP contribution in [0.2, 0.25) is 0 Å². The van der Waals surface area contributed by atoms with Crippen LogP contribution in [-0.2, 0) is 6.42 Å². The minimum atomic E-state index is -0.166. The second-order valence-electron chi connectivity index (χ2n) is 4.77. The van der Waals surface area contributed by atoms with Gasteiger partial charge in [-0.1, -0.05) is 6.07 Å². The van der Waals surface area contributed by atoms with Crippen molar-refractivity contribution in [1.82, 2.24) is 14.9 Å². The molecular formula is C14H18N4O. The first kappa shape index (κ1) is 13.4. The zero-order chi connectivity index (χ0) is 13.7. The molecule has 0 aliphatic heterocycles. The Hall–Kier alpha value is -2.06. The smallest absolute Gasteiger partial charge is 0.306 e. The molecule has 0 fully saturated rings. The van der Waals surface area contributed by atoms with Gasteiger partial charge in [-0.2, -0.15) is 5.26 Å². The van der Waals surface area contributed by atoms with Gasteiger partial charge in [0.05, 0.1) is 17.1 Å². The van der Waals surface area contributed by atoms with Crippen molar-refractivity contribution in [3.05, 3.63) is 34.2 Å². The zero-order valence-electron chi connectivity index (χ0n) is 11.1. The van der Waals surface area contributed by atoms with Gasteiger partial charge in [-0.05, 0) is 44.1 Å². The van der Waals surface area contributed by atoms with Crippen LogP contribution in [0.3, 0.4) is 0 Å². The molecule has 5 heteroatoms. The lowest BCUT2D eigenvalue weighted by molar-refractivity contribution is 0.335. The lowest BCUT2D eigenvalue weighted by Gasteiger charge is -2.15. The van der Waals surface area contributed by atoms with Gasteiger partial charge in [-0.25, -0.2) is 4.79 Å². The number of nitrogens with zero attached hydrogens (tertiary/aromatic N) is 2. The predicted molar refractivity (Wildman–Crippen MR) is 75.0 cm³/mol. The summed E-state index contributed by atoms with van der Waals surface area (Å²) >= 11 is 0. The van der Waals surface area contributed by atoms with E-state index < -0.39 is 0 Å². The van der Waals surface area contributed by atoms with Crippen LogP contribution in [0.15, 0.2) is 23.0 Å². The van der Waals surface area contributed by atoms with Crippen LogP contribution in [-0.4, -0.2) is 35.0 Å². The molecule has 0 amide bonds. The number of nitriles is 1. The Morgan fingerprint density at radius 3 is 2.84 bits per heavy atom. The van der Waals surface area contributed by atoms with Crippen molar-refractivity contribution in [2.24, 2.45) is 0 Å². The van der Waals surface area contributed by atoms with Crippen LogP contribution in [0.25, 0.3) is 11.0 Å². The van der Waals surface area contributed by atoms with Crippen LogP contribution < -0.4 is 5.69 Å². The van der Waals surface area contributed by atoms with Crippen LogP contribution in [0.5, 0.6) is 0 Å². The molecule has 0 spiro atoms. The Kier molecular flexibility index (Phi) is 4.37. The number of hydrogen-bond acceptors (Lipinski definition) is 3. The summed E-state index contributed by atoms with van der Waals surface area (Å²) in [6.45, 7) is 1.89. The van der Waals surface area contributed by atoms with E-state index in [2.05, 4.69) is 28.0 Å². The molecule has 2 N–H and O–H groups in total. The fourth-order valence-electron chi connectivity index (χ4n) is 2.10. The largest absolute Gasteiger partial charge is 0.323 e. The highest BCUT2D eigenvalue weighted by molar-refractivity contribution is 5.74. The third-order valence-corrected chi connectivity index (χ3v) is 3.19. The van der Waals surface area contributed by atoms with E-state index in [1.807, 2.05) is 18.2 Å². The maximum absolute atomic E-state index is 11.2. The van der Waals surface area contributed by atoms with Crippen molar-refractivity contribution in [2.45, 2.75) is 19.3 Å². The van der Waals surface area contributed by atoms with Crippen molar-refractivity contribution in [1.29, 1.82) is 5.26 Å². The average molecular weight is 258 g/mol. The lowest BCUT2D eigenvalue weighted by Crippen LogP contribution is -2.22. The molecule has 2 aromatic rings. The van der Waals surface area contributed by atoms with E-state index in [0.717, 1.165) is 37.0 Å². The lowest BCUT2D eigenvalue weighted by atomic mass is 10.1. The first-order valence-corrected chi connectivity index (χ1v) is 6.45. The molecule has 0 radical (unpaired) electrons. The van der Waals surface area contributed by atoms with Gasteiger partial charge in [0.15, 0.2) is 0 Å². The number of hydrogen-bond donors (Lipinski definition) is 2. The molecule has 0 aliphatic rings. The number of unbranched alkanes of at least 4 members (excludes halogenated alkanes) is 1. The summed E-state index contributed by atoms with van der Waals surface area (Å²) in [5.41, 5.74) is 2.74. The van der Waals surface area contributed by atoms with Gasteiger partial charge in [0, 0.05) is 13.0 Å². The third kappa shape index (κ3) is 3.70. The maximum atomic E-state index is 11.2. The first-order valence-electron chi connectivity index (χ1n) is 6.45. The summed E-state index contributed by atoms with van der Waals surface area (Å²) in [5, 5.41) is 8.49. The number of rotatable bonds is 6. The molecule has 0 unspecified atom stereocenters. The van der Waals surface area contributed by atoms with Gasteiger partial charge >= 0.3 is 5.69 Å². The van der Waals surface area contributed by atoms with Gasteiger partial charge in [-0.15, -0.1) is 0 Å². The highest BCUT2D eigenvalue weighted by atomic mass is 16.1. The van der Waals surface area contributed by atoms with Crippen LogP contribution in [0, 0.1) is 11.3 Å². The molecule has 0 atom stereocenters. The first-order chi connectivity index (χ1) is 9.19. The van der Waals surface area contributed by atoms with E-state index in [1.54, 1.807) is 0 Å². The van der Waals surface area contributed by atoms with Gasteiger partial charge in [0.2, 0.25) is 0 Å². The second-order valence-corrected chi connectivity index (χ2v) is 4.77. The highest BCUT2D eigenvalue weighted by Gasteiger charge is 2.02. The van der Waals surface area contributed by atoms with Gasteiger partial charge in [0.1, 0.15) is 0 Å². The highest BCUT2D eigenvalue weighted by Crippen LogP contribution is 2.11. The molecule has 0 saturated carbocycles. The Labute approximate surface area is 111 Å². The van der Waals surface area contributed by atoms with Crippen molar-refractivity contribution in [3.63, 3.8) is 0 Å².